The van der Waals surface area contributed by atoms with Crippen LogP contribution in [0.15, 0.2) is 48.5 Å². The maximum absolute atomic E-state index is 6.47. The van der Waals surface area contributed by atoms with Gasteiger partial charge in [0.2, 0.25) is 0 Å². The molecule has 2 atom stereocenters. The third kappa shape index (κ3) is 8.91. The number of nitrogens with zero attached hydrogens (tertiary/aromatic N) is 2. The number of hydrogen-bond donors (Lipinski definition) is 1. The molecular formula is C30H46ClN3. The fourth-order valence-corrected chi connectivity index (χ4v) is 5.30. The van der Waals surface area contributed by atoms with Gasteiger partial charge in [-0.1, -0.05) is 63.6 Å². The molecule has 0 radical (unpaired) electrons. The fraction of sp³-hybridized carbons (Fsp3) is 0.600. The standard InChI is InChI=1S/C30H46ClN3/c1-23(2)17-19-34(30-6-5-18-33(22-30)21-28(32)20-24(3)4)29-15-11-26(12-16-29)8-7-25-9-13-27(31)14-10-25/h9-16,23-24,28,30H,5-8,17-22,32H2,1-4H3/t28?,30-/m0/s1. The molecule has 0 saturated carbocycles. The highest BCUT2D eigenvalue weighted by molar-refractivity contribution is 6.30. The van der Waals surface area contributed by atoms with Crippen molar-refractivity contribution in [3.8, 4) is 0 Å². The van der Waals surface area contributed by atoms with Crippen molar-refractivity contribution in [3.05, 3.63) is 64.7 Å². The van der Waals surface area contributed by atoms with E-state index in [-0.39, 0.29) is 6.04 Å². The predicted molar refractivity (Wildman–Crippen MR) is 149 cm³/mol. The Hall–Kier alpha value is -1.55. The molecule has 4 heteroatoms. The topological polar surface area (TPSA) is 32.5 Å². The SMILES string of the molecule is CC(C)CCN(c1ccc(CCc2ccc(Cl)cc2)cc1)[C@H]1CCCN(CC(N)CC(C)C)C1. The quantitative estimate of drug-likeness (QED) is 0.359. The summed E-state index contributed by atoms with van der Waals surface area (Å²) in [7, 11) is 0. The van der Waals surface area contributed by atoms with Crippen molar-refractivity contribution in [3.63, 3.8) is 0 Å². The maximum Gasteiger partial charge on any atom is 0.0417 e. The molecule has 3 nitrogen and oxygen atoms in total. The van der Waals surface area contributed by atoms with Crippen molar-refractivity contribution in [2.24, 2.45) is 17.6 Å². The minimum Gasteiger partial charge on any atom is -0.367 e. The van der Waals surface area contributed by atoms with E-state index in [0.29, 0.717) is 17.9 Å². The van der Waals surface area contributed by atoms with Crippen LogP contribution in [-0.4, -0.2) is 43.2 Å². The first kappa shape index (κ1) is 27.0. The zero-order valence-electron chi connectivity index (χ0n) is 21.8. The normalized spacial score (nSPS) is 17.9. The van der Waals surface area contributed by atoms with Gasteiger partial charge in [0, 0.05) is 42.4 Å². The number of hydrogen-bond acceptors (Lipinski definition) is 3. The summed E-state index contributed by atoms with van der Waals surface area (Å²) >= 11 is 6.02. The Morgan fingerprint density at radius 3 is 2.15 bits per heavy atom. The fourth-order valence-electron chi connectivity index (χ4n) is 5.18. The Kier molecular flexibility index (Phi) is 10.8. The molecule has 1 aliphatic heterocycles. The van der Waals surface area contributed by atoms with Gasteiger partial charge in [-0.2, -0.15) is 0 Å². The molecule has 3 rings (SSSR count). The van der Waals surface area contributed by atoms with Crippen LogP contribution in [0.4, 0.5) is 5.69 Å². The van der Waals surface area contributed by atoms with Crippen molar-refractivity contribution < 1.29 is 0 Å². The van der Waals surface area contributed by atoms with Gasteiger partial charge in [0.25, 0.3) is 0 Å². The zero-order chi connectivity index (χ0) is 24.5. The largest absolute Gasteiger partial charge is 0.367 e. The summed E-state index contributed by atoms with van der Waals surface area (Å²) in [5, 5.41) is 0.803. The Balaban J connectivity index is 1.64. The molecule has 0 bridgehead atoms. The predicted octanol–water partition coefficient (Wildman–Crippen LogP) is 6.82. The lowest BCUT2D eigenvalue weighted by molar-refractivity contribution is 0.187. The number of aryl methyl sites for hydroxylation is 2. The summed E-state index contributed by atoms with van der Waals surface area (Å²) in [6.07, 6.45) is 6.96. The van der Waals surface area contributed by atoms with Gasteiger partial charge < -0.3 is 10.6 Å². The van der Waals surface area contributed by atoms with E-state index in [0.717, 1.165) is 43.9 Å². The number of piperidine rings is 1. The molecule has 2 aromatic rings. The molecular weight excluding hydrogens is 438 g/mol. The van der Waals surface area contributed by atoms with Crippen molar-refractivity contribution in [1.29, 1.82) is 0 Å². The van der Waals surface area contributed by atoms with Crippen molar-refractivity contribution in [2.75, 3.05) is 31.1 Å². The van der Waals surface area contributed by atoms with Gasteiger partial charge in [-0.05, 0) is 92.3 Å². The first-order valence-corrected chi connectivity index (χ1v) is 13.8. The Labute approximate surface area is 213 Å². The minimum absolute atomic E-state index is 0.280. The molecule has 0 spiro atoms. The van der Waals surface area contributed by atoms with Gasteiger partial charge in [-0.15, -0.1) is 0 Å². The first-order chi connectivity index (χ1) is 16.3. The molecule has 1 heterocycles. The molecule has 1 unspecified atom stereocenters. The number of halogens is 1. The number of rotatable bonds is 12. The second-order valence-electron chi connectivity index (χ2n) is 11.1. The lowest BCUT2D eigenvalue weighted by atomic mass is 9.99. The lowest BCUT2D eigenvalue weighted by Gasteiger charge is -2.42. The molecule has 188 valence electrons. The summed E-state index contributed by atoms with van der Waals surface area (Å²) in [5.41, 5.74) is 10.6. The van der Waals surface area contributed by atoms with Gasteiger partial charge >= 0.3 is 0 Å². The Bertz CT molecular complexity index is 831. The van der Waals surface area contributed by atoms with E-state index in [2.05, 4.69) is 73.9 Å². The highest BCUT2D eigenvalue weighted by Gasteiger charge is 2.26. The van der Waals surface area contributed by atoms with Crippen LogP contribution in [0, 0.1) is 11.8 Å². The average molecular weight is 484 g/mol. The second-order valence-corrected chi connectivity index (χ2v) is 11.6. The Morgan fingerprint density at radius 1 is 0.941 bits per heavy atom. The van der Waals surface area contributed by atoms with Crippen LogP contribution in [0.25, 0.3) is 0 Å². The van der Waals surface area contributed by atoms with Crippen molar-refractivity contribution in [1.82, 2.24) is 4.90 Å². The molecule has 1 fully saturated rings. The molecule has 0 amide bonds. The number of benzene rings is 2. The van der Waals surface area contributed by atoms with E-state index in [9.17, 15) is 0 Å². The van der Waals surface area contributed by atoms with Gasteiger partial charge in [-0.25, -0.2) is 0 Å². The van der Waals surface area contributed by atoms with Gasteiger partial charge in [0.15, 0.2) is 0 Å². The Morgan fingerprint density at radius 2 is 1.56 bits per heavy atom. The first-order valence-electron chi connectivity index (χ1n) is 13.4. The van der Waals surface area contributed by atoms with Crippen LogP contribution in [0.1, 0.15) is 64.5 Å². The molecule has 1 saturated heterocycles. The summed E-state index contributed by atoms with van der Waals surface area (Å²) in [6, 6.07) is 18.4. The van der Waals surface area contributed by atoms with Crippen LogP contribution in [0.2, 0.25) is 5.02 Å². The third-order valence-electron chi connectivity index (χ3n) is 7.02. The van der Waals surface area contributed by atoms with Crippen molar-refractivity contribution >= 4 is 17.3 Å². The molecule has 2 N–H and O–H groups in total. The monoisotopic (exact) mass is 483 g/mol. The lowest BCUT2D eigenvalue weighted by Crippen LogP contribution is -2.51. The summed E-state index contributed by atoms with van der Waals surface area (Å²) in [5.74, 6) is 1.37. The van der Waals surface area contributed by atoms with E-state index in [1.165, 1.54) is 42.6 Å². The van der Waals surface area contributed by atoms with Crippen LogP contribution in [-0.2, 0) is 12.8 Å². The molecule has 1 aliphatic rings. The summed E-state index contributed by atoms with van der Waals surface area (Å²) in [6.45, 7) is 13.7. The molecule has 0 aromatic heterocycles. The van der Waals surface area contributed by atoms with E-state index in [1.54, 1.807) is 0 Å². The molecule has 34 heavy (non-hydrogen) atoms. The van der Waals surface area contributed by atoms with Crippen LogP contribution in [0.3, 0.4) is 0 Å². The molecule has 2 aromatic carbocycles. The van der Waals surface area contributed by atoms with Gasteiger partial charge in [0.05, 0.1) is 0 Å². The van der Waals surface area contributed by atoms with E-state index < -0.39 is 0 Å². The second kappa shape index (κ2) is 13.5. The molecule has 0 aliphatic carbocycles. The van der Waals surface area contributed by atoms with Gasteiger partial charge in [0.1, 0.15) is 0 Å². The van der Waals surface area contributed by atoms with E-state index in [1.807, 2.05) is 12.1 Å². The van der Waals surface area contributed by atoms with Crippen molar-refractivity contribution in [2.45, 2.75) is 78.3 Å². The smallest absolute Gasteiger partial charge is 0.0417 e. The van der Waals surface area contributed by atoms with Crippen LogP contribution >= 0.6 is 11.6 Å². The number of anilines is 1. The van der Waals surface area contributed by atoms with Gasteiger partial charge in [-0.3, -0.25) is 4.90 Å². The highest BCUT2D eigenvalue weighted by Crippen LogP contribution is 2.25. The maximum atomic E-state index is 6.47. The number of nitrogens with two attached hydrogens (primary N) is 1. The highest BCUT2D eigenvalue weighted by atomic mass is 35.5. The third-order valence-corrected chi connectivity index (χ3v) is 7.27. The van der Waals surface area contributed by atoms with E-state index in [4.69, 9.17) is 17.3 Å². The van der Waals surface area contributed by atoms with E-state index >= 15 is 0 Å². The number of likely N-dealkylation sites (tertiary alicyclic amines) is 1. The van der Waals surface area contributed by atoms with Crippen LogP contribution in [0.5, 0.6) is 0 Å². The minimum atomic E-state index is 0.280. The van der Waals surface area contributed by atoms with Crippen LogP contribution < -0.4 is 10.6 Å². The average Bonchev–Trinajstić information content (AvgIpc) is 2.79. The summed E-state index contributed by atoms with van der Waals surface area (Å²) < 4.78 is 0. The summed E-state index contributed by atoms with van der Waals surface area (Å²) in [4.78, 5) is 5.30. The zero-order valence-corrected chi connectivity index (χ0v) is 22.6.